The summed E-state index contributed by atoms with van der Waals surface area (Å²) < 4.78 is 6.17. The van der Waals surface area contributed by atoms with Crippen molar-refractivity contribution in [3.63, 3.8) is 0 Å². The fourth-order valence-electron chi connectivity index (χ4n) is 3.49. The van der Waals surface area contributed by atoms with E-state index in [1.807, 2.05) is 19.1 Å². The molecule has 0 aromatic heterocycles. The quantitative estimate of drug-likeness (QED) is 0.633. The van der Waals surface area contributed by atoms with Gasteiger partial charge >= 0.3 is 0 Å². The summed E-state index contributed by atoms with van der Waals surface area (Å²) >= 11 is 3.45. The number of ether oxygens (including phenoxy) is 1. The molecule has 1 aliphatic heterocycles. The third kappa shape index (κ3) is 4.70. The second-order valence-electron chi connectivity index (χ2n) is 6.96. The van der Waals surface area contributed by atoms with Gasteiger partial charge in [-0.3, -0.25) is 14.4 Å². The Morgan fingerprint density at radius 1 is 1.24 bits per heavy atom. The van der Waals surface area contributed by atoms with Crippen molar-refractivity contribution in [1.82, 2.24) is 0 Å². The predicted molar refractivity (Wildman–Crippen MR) is 115 cm³/mol. The third-order valence-electron chi connectivity index (χ3n) is 4.97. The Bertz CT molecular complexity index is 907. The van der Waals surface area contributed by atoms with E-state index in [0.29, 0.717) is 52.1 Å². The van der Waals surface area contributed by atoms with Gasteiger partial charge in [0.2, 0.25) is 5.91 Å². The molecule has 2 aliphatic rings. The lowest BCUT2D eigenvalue weighted by Crippen LogP contribution is -2.39. The first kappa shape index (κ1) is 21.1. The summed E-state index contributed by atoms with van der Waals surface area (Å²) in [6, 6.07) is 3.44. The highest BCUT2D eigenvalue weighted by molar-refractivity contribution is 9.10. The van der Waals surface area contributed by atoms with Gasteiger partial charge in [0.05, 0.1) is 11.4 Å². The molecule has 0 radical (unpaired) electrons. The summed E-state index contributed by atoms with van der Waals surface area (Å²) in [6.45, 7) is 2.42. The van der Waals surface area contributed by atoms with Crippen LogP contribution in [0, 0.1) is 0 Å². The Morgan fingerprint density at radius 2 is 1.97 bits per heavy atom. The number of anilines is 2. The number of amides is 3. The molecule has 0 unspecified atom stereocenters. The lowest BCUT2D eigenvalue weighted by atomic mass is 9.90. The predicted octanol–water partition coefficient (Wildman–Crippen LogP) is 3.44. The molecule has 154 valence electrons. The van der Waals surface area contributed by atoms with Gasteiger partial charge in [0, 0.05) is 22.2 Å². The molecule has 8 heteroatoms. The van der Waals surface area contributed by atoms with Gasteiger partial charge in [-0.2, -0.15) is 0 Å². The third-order valence-corrected chi connectivity index (χ3v) is 5.63. The topological polar surface area (TPSA) is 102 Å². The molecule has 29 heavy (non-hydrogen) atoms. The van der Waals surface area contributed by atoms with Crippen molar-refractivity contribution in [1.29, 1.82) is 0 Å². The number of allylic oxidation sites excluding steroid dienone is 1. The molecule has 0 saturated carbocycles. The Hall–Kier alpha value is -2.61. The number of hydrogen-bond acceptors (Lipinski definition) is 4. The smallest absolute Gasteiger partial charge is 0.265 e. The monoisotopic (exact) mass is 461 g/mol. The Kier molecular flexibility index (Phi) is 6.74. The highest BCUT2D eigenvalue weighted by Crippen LogP contribution is 2.39. The summed E-state index contributed by atoms with van der Waals surface area (Å²) in [4.78, 5) is 38.5. The van der Waals surface area contributed by atoms with E-state index in [1.54, 1.807) is 17.0 Å². The van der Waals surface area contributed by atoms with Crippen LogP contribution in [0.2, 0.25) is 0 Å². The average molecular weight is 462 g/mol. The minimum atomic E-state index is -0.549. The number of primary amides is 1. The zero-order valence-corrected chi connectivity index (χ0v) is 17.9. The Labute approximate surface area is 178 Å². The van der Waals surface area contributed by atoms with Gasteiger partial charge in [-0.05, 0) is 60.2 Å². The normalized spacial score (nSPS) is 16.6. The fraction of sp³-hybridized carbons (Fsp3) is 0.381. The van der Waals surface area contributed by atoms with Gasteiger partial charge < -0.3 is 20.7 Å². The van der Waals surface area contributed by atoms with E-state index in [2.05, 4.69) is 21.2 Å². The first-order valence-corrected chi connectivity index (χ1v) is 10.5. The van der Waals surface area contributed by atoms with Gasteiger partial charge in [-0.15, -0.1) is 0 Å². The fourth-order valence-corrected chi connectivity index (χ4v) is 3.91. The summed E-state index contributed by atoms with van der Waals surface area (Å²) in [5.41, 5.74) is 7.37. The van der Waals surface area contributed by atoms with E-state index in [4.69, 9.17) is 10.5 Å². The number of rotatable bonds is 6. The van der Waals surface area contributed by atoms with Crippen LogP contribution in [0.15, 0.2) is 39.9 Å². The standard InChI is InChI=1S/C21H24BrN3O4/c1-2-3-6-9-25-17-11-16(15(22)10-18(17)29-12-19(25)26)24-21(28)14-8-5-4-7-13(14)20(23)27/h3,6,10-11H,2,4-5,7-9,12H2,1H3,(H2,23,27)(H,24,28)/b6-3+. The highest BCUT2D eigenvalue weighted by atomic mass is 79.9. The van der Waals surface area contributed by atoms with E-state index in [1.165, 1.54) is 0 Å². The summed E-state index contributed by atoms with van der Waals surface area (Å²) in [5, 5.41) is 2.85. The van der Waals surface area contributed by atoms with Crippen LogP contribution in [0.3, 0.4) is 0 Å². The molecule has 3 amide bonds. The molecule has 1 aromatic carbocycles. The van der Waals surface area contributed by atoms with Crippen LogP contribution in [0.5, 0.6) is 5.75 Å². The van der Waals surface area contributed by atoms with Crippen molar-refractivity contribution >= 4 is 45.0 Å². The molecule has 1 aliphatic carbocycles. The number of halogens is 1. The second kappa shape index (κ2) is 9.26. The van der Waals surface area contributed by atoms with Crippen LogP contribution in [-0.4, -0.2) is 30.9 Å². The molecule has 0 bridgehead atoms. The molecule has 0 fully saturated rings. The number of benzene rings is 1. The average Bonchev–Trinajstić information content (AvgIpc) is 2.70. The maximum absolute atomic E-state index is 12.8. The van der Waals surface area contributed by atoms with E-state index in [9.17, 15) is 14.4 Å². The van der Waals surface area contributed by atoms with Gasteiger partial charge in [0.25, 0.3) is 11.8 Å². The number of hydrogen-bond donors (Lipinski definition) is 2. The van der Waals surface area contributed by atoms with E-state index < -0.39 is 5.91 Å². The molecular weight excluding hydrogens is 438 g/mol. The number of carbonyl (C=O) groups is 3. The van der Waals surface area contributed by atoms with Crippen LogP contribution in [0.1, 0.15) is 39.0 Å². The van der Waals surface area contributed by atoms with Gasteiger partial charge in [0.15, 0.2) is 6.61 Å². The van der Waals surface area contributed by atoms with E-state index in [-0.39, 0.29) is 18.4 Å². The van der Waals surface area contributed by atoms with Crippen LogP contribution in [0.4, 0.5) is 11.4 Å². The lowest BCUT2D eigenvalue weighted by Gasteiger charge is -2.29. The van der Waals surface area contributed by atoms with Crippen LogP contribution in [-0.2, 0) is 14.4 Å². The second-order valence-corrected chi connectivity index (χ2v) is 7.81. The minimum Gasteiger partial charge on any atom is -0.482 e. The van der Waals surface area contributed by atoms with Crippen molar-refractivity contribution in [3.8, 4) is 5.75 Å². The zero-order valence-electron chi connectivity index (χ0n) is 16.3. The van der Waals surface area contributed by atoms with Crippen molar-refractivity contribution in [2.45, 2.75) is 39.0 Å². The molecule has 0 spiro atoms. The molecule has 3 rings (SSSR count). The van der Waals surface area contributed by atoms with Crippen LogP contribution < -0.4 is 20.7 Å². The maximum atomic E-state index is 12.8. The molecule has 0 atom stereocenters. The van der Waals surface area contributed by atoms with Crippen molar-refractivity contribution in [3.05, 3.63) is 39.9 Å². The Morgan fingerprint density at radius 3 is 2.66 bits per heavy atom. The number of fused-ring (bicyclic) bond motifs is 1. The first-order valence-electron chi connectivity index (χ1n) is 9.67. The maximum Gasteiger partial charge on any atom is 0.265 e. The molecular formula is C21H24BrN3O4. The molecule has 7 nitrogen and oxygen atoms in total. The Balaban J connectivity index is 1.91. The lowest BCUT2D eigenvalue weighted by molar-refractivity contribution is -0.121. The van der Waals surface area contributed by atoms with Crippen molar-refractivity contribution < 1.29 is 19.1 Å². The first-order chi connectivity index (χ1) is 13.9. The summed E-state index contributed by atoms with van der Waals surface area (Å²) in [7, 11) is 0. The SMILES string of the molecule is CC/C=C/CN1C(=O)COc2cc(Br)c(NC(=O)C3=C(C(N)=O)CCCC3)cc21. The molecule has 1 aromatic rings. The zero-order chi connectivity index (χ0) is 21.0. The van der Waals surface area contributed by atoms with E-state index in [0.717, 1.165) is 19.3 Å². The number of carbonyl (C=O) groups excluding carboxylic acids is 3. The number of nitrogens with one attached hydrogen (secondary N) is 1. The molecule has 3 N–H and O–H groups in total. The highest BCUT2D eigenvalue weighted by Gasteiger charge is 2.27. The largest absolute Gasteiger partial charge is 0.482 e. The van der Waals surface area contributed by atoms with Gasteiger partial charge in [-0.25, -0.2) is 0 Å². The van der Waals surface area contributed by atoms with Crippen molar-refractivity contribution in [2.24, 2.45) is 5.73 Å². The van der Waals surface area contributed by atoms with Crippen LogP contribution in [0.25, 0.3) is 0 Å². The van der Waals surface area contributed by atoms with Crippen LogP contribution >= 0.6 is 15.9 Å². The molecule has 0 saturated heterocycles. The number of nitrogens with zero attached hydrogens (tertiary/aromatic N) is 1. The van der Waals surface area contributed by atoms with Crippen molar-refractivity contribution in [2.75, 3.05) is 23.4 Å². The summed E-state index contributed by atoms with van der Waals surface area (Å²) in [5.74, 6) is -0.482. The van der Waals surface area contributed by atoms with Gasteiger partial charge in [0.1, 0.15) is 5.75 Å². The molecule has 1 heterocycles. The van der Waals surface area contributed by atoms with E-state index >= 15 is 0 Å². The summed E-state index contributed by atoms with van der Waals surface area (Å²) in [6.07, 6.45) is 7.52. The number of nitrogens with two attached hydrogens (primary N) is 1. The minimum absolute atomic E-state index is 0.0278. The van der Waals surface area contributed by atoms with Gasteiger partial charge in [-0.1, -0.05) is 19.1 Å².